The third-order valence-electron chi connectivity index (χ3n) is 5.38. The van der Waals surface area contributed by atoms with E-state index in [1.54, 1.807) is 24.8 Å². The minimum absolute atomic E-state index is 0.180. The Bertz CT molecular complexity index is 1140. The summed E-state index contributed by atoms with van der Waals surface area (Å²) >= 11 is 0. The number of aryl methyl sites for hydroxylation is 1. The van der Waals surface area contributed by atoms with Crippen molar-refractivity contribution in [3.05, 3.63) is 60.2 Å². The lowest BCUT2D eigenvalue weighted by Crippen LogP contribution is -2.31. The van der Waals surface area contributed by atoms with Gasteiger partial charge in [-0.3, -0.25) is 9.97 Å². The molecule has 0 aliphatic heterocycles. The largest absolute Gasteiger partial charge is 0.368 e. The first-order valence-corrected chi connectivity index (χ1v) is 9.55. The molecular weight excluding hydrogens is 380 g/mol. The maximum Gasteiger partial charge on any atom is 0.278 e. The highest BCUT2D eigenvalue weighted by molar-refractivity contribution is 5.57. The van der Waals surface area contributed by atoms with Crippen molar-refractivity contribution in [2.45, 2.75) is 33.1 Å². The normalized spacial score (nSPS) is 13.4. The highest BCUT2D eigenvalue weighted by Crippen LogP contribution is 2.38. The van der Waals surface area contributed by atoms with Crippen molar-refractivity contribution in [1.82, 2.24) is 35.1 Å². The lowest BCUT2D eigenvalue weighted by molar-refractivity contribution is 0.350. The zero-order valence-corrected chi connectivity index (χ0v) is 17.2. The average Bonchev–Trinajstić information content (AvgIpc) is 3.25. The fraction of sp³-hybridized carbons (Fsp3) is 0.286. The lowest BCUT2D eigenvalue weighted by Gasteiger charge is -2.30. The van der Waals surface area contributed by atoms with Crippen LogP contribution in [0.2, 0.25) is 0 Å². The van der Waals surface area contributed by atoms with Crippen molar-refractivity contribution in [3.63, 3.8) is 0 Å². The summed E-state index contributed by atoms with van der Waals surface area (Å²) in [7, 11) is 0. The minimum Gasteiger partial charge on any atom is -0.368 e. The standard InChI is InChI=1S/C21H22N8O/c1-12(2)21(4,19-28-18(30-29-19)17-11-23-13(3)7-24-17)15-5-6-16(25-10-15)14-8-26-20(22)27-9-14/h5-12H,1-4H3,(H2,22,26,27). The molecule has 0 saturated heterocycles. The van der Waals surface area contributed by atoms with E-state index in [0.29, 0.717) is 17.4 Å². The van der Waals surface area contributed by atoms with Crippen LogP contribution in [0.5, 0.6) is 0 Å². The molecule has 9 nitrogen and oxygen atoms in total. The van der Waals surface area contributed by atoms with Crippen molar-refractivity contribution in [2.75, 3.05) is 5.73 Å². The lowest BCUT2D eigenvalue weighted by atomic mass is 9.73. The summed E-state index contributed by atoms with van der Waals surface area (Å²) in [6.07, 6.45) is 8.43. The summed E-state index contributed by atoms with van der Waals surface area (Å²) in [6, 6.07) is 3.94. The van der Waals surface area contributed by atoms with Crippen LogP contribution in [0.15, 0.2) is 47.6 Å². The number of hydrogen-bond acceptors (Lipinski definition) is 9. The van der Waals surface area contributed by atoms with Gasteiger partial charge in [-0.25, -0.2) is 15.0 Å². The fourth-order valence-electron chi connectivity index (χ4n) is 3.10. The van der Waals surface area contributed by atoms with Crippen molar-refractivity contribution in [2.24, 2.45) is 5.92 Å². The van der Waals surface area contributed by atoms with Crippen LogP contribution >= 0.6 is 0 Å². The number of nitrogens with two attached hydrogens (primary N) is 1. The van der Waals surface area contributed by atoms with E-state index in [2.05, 4.69) is 55.8 Å². The van der Waals surface area contributed by atoms with Gasteiger partial charge in [-0.15, -0.1) is 0 Å². The Kier molecular flexibility index (Phi) is 4.94. The molecule has 0 aliphatic rings. The summed E-state index contributed by atoms with van der Waals surface area (Å²) in [5.41, 5.74) is 8.94. The molecular formula is C21H22N8O. The number of anilines is 1. The van der Waals surface area contributed by atoms with Crippen LogP contribution in [0.1, 0.15) is 37.9 Å². The van der Waals surface area contributed by atoms with Gasteiger partial charge in [0, 0.05) is 30.4 Å². The highest BCUT2D eigenvalue weighted by atomic mass is 16.5. The molecule has 9 heteroatoms. The second-order valence-electron chi connectivity index (χ2n) is 7.59. The van der Waals surface area contributed by atoms with Crippen molar-refractivity contribution < 1.29 is 4.52 Å². The minimum atomic E-state index is -0.511. The number of nitrogens with zero attached hydrogens (tertiary/aromatic N) is 7. The van der Waals surface area contributed by atoms with E-state index < -0.39 is 5.41 Å². The predicted octanol–water partition coefficient (Wildman–Crippen LogP) is 3.23. The van der Waals surface area contributed by atoms with Gasteiger partial charge in [-0.2, -0.15) is 4.98 Å². The third kappa shape index (κ3) is 3.49. The molecule has 0 aliphatic carbocycles. The van der Waals surface area contributed by atoms with Gasteiger partial charge in [0.15, 0.2) is 5.82 Å². The highest BCUT2D eigenvalue weighted by Gasteiger charge is 2.38. The maximum atomic E-state index is 5.56. The third-order valence-corrected chi connectivity index (χ3v) is 5.38. The van der Waals surface area contributed by atoms with Crippen molar-refractivity contribution in [1.29, 1.82) is 0 Å². The topological polar surface area (TPSA) is 129 Å². The summed E-state index contributed by atoms with van der Waals surface area (Å²) in [5, 5.41) is 4.26. The number of hydrogen-bond donors (Lipinski definition) is 1. The van der Waals surface area contributed by atoms with Gasteiger partial charge in [0.1, 0.15) is 5.69 Å². The van der Waals surface area contributed by atoms with Gasteiger partial charge in [-0.1, -0.05) is 25.1 Å². The Hall–Kier alpha value is -3.75. The Morgan fingerprint density at radius 1 is 0.900 bits per heavy atom. The molecule has 1 atom stereocenters. The maximum absolute atomic E-state index is 5.56. The molecule has 30 heavy (non-hydrogen) atoms. The first-order chi connectivity index (χ1) is 14.4. The molecule has 152 valence electrons. The van der Waals surface area contributed by atoms with Crippen LogP contribution in [-0.2, 0) is 5.41 Å². The molecule has 4 aromatic heterocycles. The molecule has 0 fully saturated rings. The van der Waals surface area contributed by atoms with Crippen molar-refractivity contribution >= 4 is 5.95 Å². The van der Waals surface area contributed by atoms with Crippen LogP contribution in [-0.4, -0.2) is 35.1 Å². The number of aromatic nitrogens is 7. The van der Waals surface area contributed by atoms with Gasteiger partial charge in [-0.05, 0) is 31.4 Å². The van der Waals surface area contributed by atoms with Gasteiger partial charge in [0.05, 0.1) is 23.0 Å². The zero-order valence-electron chi connectivity index (χ0n) is 17.2. The summed E-state index contributed by atoms with van der Waals surface area (Å²) in [4.78, 5) is 25.8. The molecule has 0 aromatic carbocycles. The zero-order chi connectivity index (χ0) is 21.3. The molecule has 4 rings (SSSR count). The second-order valence-corrected chi connectivity index (χ2v) is 7.59. The molecule has 0 saturated carbocycles. The van der Waals surface area contributed by atoms with Crippen LogP contribution in [0.4, 0.5) is 5.95 Å². The summed E-state index contributed by atoms with van der Waals surface area (Å²) in [5.74, 6) is 1.32. The summed E-state index contributed by atoms with van der Waals surface area (Å²) < 4.78 is 5.50. The fourth-order valence-corrected chi connectivity index (χ4v) is 3.10. The summed E-state index contributed by atoms with van der Waals surface area (Å²) in [6.45, 7) is 8.18. The molecule has 0 radical (unpaired) electrons. The molecule has 0 spiro atoms. The van der Waals surface area contributed by atoms with E-state index in [0.717, 1.165) is 22.5 Å². The molecule has 0 bridgehead atoms. The van der Waals surface area contributed by atoms with E-state index in [1.807, 2.05) is 25.3 Å². The van der Waals surface area contributed by atoms with E-state index in [9.17, 15) is 0 Å². The molecule has 4 heterocycles. The predicted molar refractivity (Wildman–Crippen MR) is 111 cm³/mol. The average molecular weight is 402 g/mol. The van der Waals surface area contributed by atoms with Gasteiger partial charge in [0.2, 0.25) is 5.95 Å². The molecule has 0 amide bonds. The van der Waals surface area contributed by atoms with E-state index >= 15 is 0 Å². The second kappa shape index (κ2) is 7.58. The Morgan fingerprint density at radius 3 is 2.23 bits per heavy atom. The van der Waals surface area contributed by atoms with Gasteiger partial charge < -0.3 is 10.3 Å². The van der Waals surface area contributed by atoms with Crippen LogP contribution < -0.4 is 5.73 Å². The Balaban J connectivity index is 1.69. The monoisotopic (exact) mass is 402 g/mol. The quantitative estimate of drug-likeness (QED) is 0.534. The van der Waals surface area contributed by atoms with Crippen molar-refractivity contribution in [3.8, 4) is 22.8 Å². The van der Waals surface area contributed by atoms with E-state index in [-0.39, 0.29) is 11.9 Å². The molecule has 2 N–H and O–H groups in total. The SMILES string of the molecule is Cc1cnc(-c2nc(C(C)(c3ccc(-c4cnc(N)nc4)nc3)C(C)C)no2)cn1. The van der Waals surface area contributed by atoms with E-state index in [4.69, 9.17) is 10.3 Å². The smallest absolute Gasteiger partial charge is 0.278 e. The van der Waals surface area contributed by atoms with Gasteiger partial charge >= 0.3 is 0 Å². The van der Waals surface area contributed by atoms with Crippen LogP contribution in [0.25, 0.3) is 22.8 Å². The Labute approximate surface area is 173 Å². The number of nitrogen functional groups attached to an aromatic ring is 1. The number of pyridine rings is 1. The number of rotatable bonds is 5. The van der Waals surface area contributed by atoms with Crippen LogP contribution in [0.3, 0.4) is 0 Å². The first-order valence-electron chi connectivity index (χ1n) is 9.55. The van der Waals surface area contributed by atoms with Gasteiger partial charge in [0.25, 0.3) is 5.89 Å². The van der Waals surface area contributed by atoms with E-state index in [1.165, 1.54) is 0 Å². The Morgan fingerprint density at radius 2 is 1.63 bits per heavy atom. The van der Waals surface area contributed by atoms with Crippen LogP contribution in [0, 0.1) is 12.8 Å². The molecule has 1 unspecified atom stereocenters. The molecule has 4 aromatic rings. The first kappa shape index (κ1) is 19.6.